The number of carbonyl (C=O) groups is 1. The molecule has 1 amide bonds. The smallest absolute Gasteiger partial charge is 0.270 e. The molecule has 1 aliphatic rings. The van der Waals surface area contributed by atoms with Gasteiger partial charge in [0.25, 0.3) is 5.91 Å². The van der Waals surface area contributed by atoms with E-state index in [1.54, 1.807) is 23.6 Å². The summed E-state index contributed by atoms with van der Waals surface area (Å²) in [6.07, 6.45) is 3.44. The first-order valence-electron chi connectivity index (χ1n) is 9.23. The van der Waals surface area contributed by atoms with Crippen molar-refractivity contribution in [3.05, 3.63) is 48.3 Å². The number of aromatic nitrogens is 2. The van der Waals surface area contributed by atoms with Gasteiger partial charge in [0, 0.05) is 25.3 Å². The lowest BCUT2D eigenvalue weighted by Crippen LogP contribution is -2.44. The number of piperidine rings is 1. The van der Waals surface area contributed by atoms with Gasteiger partial charge in [-0.15, -0.1) is 0 Å². The highest BCUT2D eigenvalue weighted by molar-refractivity contribution is 7.22. The molecule has 0 saturated carbocycles. The second kappa shape index (κ2) is 7.92. The Morgan fingerprint density at radius 1 is 1.30 bits per heavy atom. The fraction of sp³-hybridized carbons (Fsp3) is 0.350. The van der Waals surface area contributed by atoms with E-state index in [4.69, 9.17) is 9.72 Å². The van der Waals surface area contributed by atoms with E-state index in [0.717, 1.165) is 47.0 Å². The Morgan fingerprint density at radius 2 is 2.15 bits per heavy atom. The van der Waals surface area contributed by atoms with E-state index >= 15 is 0 Å². The van der Waals surface area contributed by atoms with Crippen LogP contribution in [0.3, 0.4) is 0 Å². The molecule has 0 aliphatic carbocycles. The molecule has 1 aromatic carbocycles. The summed E-state index contributed by atoms with van der Waals surface area (Å²) in [5.74, 6) is 0.786. The summed E-state index contributed by atoms with van der Waals surface area (Å²) < 4.78 is 6.72. The number of rotatable bonds is 5. The molecule has 4 rings (SSSR count). The van der Waals surface area contributed by atoms with Crippen molar-refractivity contribution in [1.29, 1.82) is 0 Å². The van der Waals surface area contributed by atoms with Crippen LogP contribution < -0.4 is 15.0 Å². The molecule has 140 valence electrons. The van der Waals surface area contributed by atoms with Crippen LogP contribution in [-0.2, 0) is 0 Å². The minimum absolute atomic E-state index is 0.0995. The SMILES string of the molecule is CCOc1ccc2nc(N3CCC(NC(=O)c4ccccn4)CC3)sc2c1. The summed E-state index contributed by atoms with van der Waals surface area (Å²) in [5.41, 5.74) is 1.47. The van der Waals surface area contributed by atoms with Crippen molar-refractivity contribution in [2.45, 2.75) is 25.8 Å². The molecule has 1 aliphatic heterocycles. The number of hydrogen-bond acceptors (Lipinski definition) is 6. The topological polar surface area (TPSA) is 67.3 Å². The first-order chi connectivity index (χ1) is 13.2. The Bertz CT molecular complexity index is 920. The Labute approximate surface area is 162 Å². The van der Waals surface area contributed by atoms with E-state index < -0.39 is 0 Å². The molecule has 7 heteroatoms. The van der Waals surface area contributed by atoms with Crippen LogP contribution >= 0.6 is 11.3 Å². The van der Waals surface area contributed by atoms with Crippen LogP contribution in [-0.4, -0.2) is 41.6 Å². The molecule has 0 radical (unpaired) electrons. The third-order valence-electron chi connectivity index (χ3n) is 4.66. The van der Waals surface area contributed by atoms with Gasteiger partial charge in [-0.1, -0.05) is 17.4 Å². The van der Waals surface area contributed by atoms with Gasteiger partial charge in [0.1, 0.15) is 11.4 Å². The number of fused-ring (bicyclic) bond motifs is 1. The lowest BCUT2D eigenvalue weighted by Gasteiger charge is -2.32. The van der Waals surface area contributed by atoms with Gasteiger partial charge < -0.3 is 15.0 Å². The normalized spacial score (nSPS) is 15.1. The predicted molar refractivity (Wildman–Crippen MR) is 108 cm³/mol. The number of nitrogens with zero attached hydrogens (tertiary/aromatic N) is 3. The minimum Gasteiger partial charge on any atom is -0.494 e. The number of pyridine rings is 1. The zero-order chi connectivity index (χ0) is 18.6. The summed E-state index contributed by atoms with van der Waals surface area (Å²) >= 11 is 1.69. The number of ether oxygens (including phenoxy) is 1. The molecule has 2 aromatic heterocycles. The minimum atomic E-state index is -0.0995. The lowest BCUT2D eigenvalue weighted by molar-refractivity contribution is 0.0926. The highest BCUT2D eigenvalue weighted by Crippen LogP contribution is 2.32. The second-order valence-electron chi connectivity index (χ2n) is 6.51. The molecule has 0 unspecified atom stereocenters. The number of thiazole rings is 1. The van der Waals surface area contributed by atoms with Gasteiger partial charge in [-0.25, -0.2) is 4.98 Å². The fourth-order valence-electron chi connectivity index (χ4n) is 3.26. The van der Waals surface area contributed by atoms with Crippen molar-refractivity contribution in [2.24, 2.45) is 0 Å². The van der Waals surface area contributed by atoms with Crippen molar-refractivity contribution in [2.75, 3.05) is 24.6 Å². The predicted octanol–water partition coefficient (Wildman–Crippen LogP) is 3.49. The van der Waals surface area contributed by atoms with Gasteiger partial charge in [0.05, 0.1) is 16.8 Å². The van der Waals surface area contributed by atoms with Gasteiger partial charge in [-0.05, 0) is 50.1 Å². The van der Waals surface area contributed by atoms with Crippen molar-refractivity contribution >= 4 is 32.6 Å². The third kappa shape index (κ3) is 4.03. The highest BCUT2D eigenvalue weighted by atomic mass is 32.1. The first kappa shape index (κ1) is 17.7. The third-order valence-corrected chi connectivity index (χ3v) is 5.74. The Morgan fingerprint density at radius 3 is 2.89 bits per heavy atom. The maximum atomic E-state index is 12.3. The molecule has 6 nitrogen and oxygen atoms in total. The van der Waals surface area contributed by atoms with Crippen molar-refractivity contribution in [1.82, 2.24) is 15.3 Å². The summed E-state index contributed by atoms with van der Waals surface area (Å²) in [4.78, 5) is 23.4. The molecular weight excluding hydrogens is 360 g/mol. The quantitative estimate of drug-likeness (QED) is 0.732. The number of nitrogens with one attached hydrogen (secondary N) is 1. The molecule has 3 aromatic rings. The van der Waals surface area contributed by atoms with E-state index in [9.17, 15) is 4.79 Å². The number of carbonyl (C=O) groups excluding carboxylic acids is 1. The van der Waals surface area contributed by atoms with Crippen molar-refractivity contribution in [3.8, 4) is 5.75 Å². The first-order valence-corrected chi connectivity index (χ1v) is 10.0. The van der Waals surface area contributed by atoms with E-state index in [-0.39, 0.29) is 11.9 Å². The molecule has 27 heavy (non-hydrogen) atoms. The van der Waals surface area contributed by atoms with Crippen LogP contribution in [0.2, 0.25) is 0 Å². The number of anilines is 1. The van der Waals surface area contributed by atoms with Crippen LogP contribution in [0, 0.1) is 0 Å². The maximum Gasteiger partial charge on any atom is 0.270 e. The molecule has 3 heterocycles. The van der Waals surface area contributed by atoms with Crippen LogP contribution in [0.25, 0.3) is 10.2 Å². The summed E-state index contributed by atoms with van der Waals surface area (Å²) in [6.45, 7) is 4.41. The van der Waals surface area contributed by atoms with Crippen LogP contribution in [0.15, 0.2) is 42.6 Å². The summed E-state index contributed by atoms with van der Waals surface area (Å²) in [7, 11) is 0. The number of hydrogen-bond donors (Lipinski definition) is 1. The lowest BCUT2D eigenvalue weighted by atomic mass is 10.1. The summed E-state index contributed by atoms with van der Waals surface area (Å²) in [6, 6.07) is 11.6. The molecule has 1 N–H and O–H groups in total. The largest absolute Gasteiger partial charge is 0.494 e. The van der Waals surface area contributed by atoms with Gasteiger partial charge in [-0.3, -0.25) is 9.78 Å². The van der Waals surface area contributed by atoms with Crippen LogP contribution in [0.5, 0.6) is 5.75 Å². The Balaban J connectivity index is 1.37. The van der Waals surface area contributed by atoms with Gasteiger partial charge in [0.15, 0.2) is 5.13 Å². The molecule has 1 fully saturated rings. The fourth-order valence-corrected chi connectivity index (χ4v) is 4.30. The van der Waals surface area contributed by atoms with E-state index in [1.165, 1.54) is 0 Å². The van der Waals surface area contributed by atoms with Crippen molar-refractivity contribution < 1.29 is 9.53 Å². The Kier molecular flexibility index (Phi) is 5.20. The maximum absolute atomic E-state index is 12.3. The number of amides is 1. The standard InChI is InChI=1S/C20H22N4O2S/c1-2-26-15-6-7-16-18(13-15)27-20(23-16)24-11-8-14(9-12-24)22-19(25)17-5-3-4-10-21-17/h3-7,10,13-14H,2,8-9,11-12H2,1H3,(H,22,25). The zero-order valence-electron chi connectivity index (χ0n) is 15.2. The average molecular weight is 382 g/mol. The van der Waals surface area contributed by atoms with E-state index in [2.05, 4.69) is 21.3 Å². The van der Waals surface area contributed by atoms with Gasteiger partial charge >= 0.3 is 0 Å². The van der Waals surface area contributed by atoms with E-state index in [1.807, 2.05) is 31.2 Å². The molecule has 0 atom stereocenters. The van der Waals surface area contributed by atoms with Crippen LogP contribution in [0.1, 0.15) is 30.3 Å². The van der Waals surface area contributed by atoms with Crippen molar-refractivity contribution in [3.63, 3.8) is 0 Å². The highest BCUT2D eigenvalue weighted by Gasteiger charge is 2.23. The van der Waals surface area contributed by atoms with Gasteiger partial charge in [0.2, 0.25) is 0 Å². The monoisotopic (exact) mass is 382 g/mol. The Hall–Kier alpha value is -2.67. The second-order valence-corrected chi connectivity index (χ2v) is 7.52. The van der Waals surface area contributed by atoms with Crippen LogP contribution in [0.4, 0.5) is 5.13 Å². The van der Waals surface area contributed by atoms with Gasteiger partial charge in [-0.2, -0.15) is 0 Å². The summed E-state index contributed by atoms with van der Waals surface area (Å²) in [5, 5.41) is 4.13. The number of benzene rings is 1. The molecular formula is C20H22N4O2S. The molecule has 0 bridgehead atoms. The average Bonchev–Trinajstić information content (AvgIpc) is 3.13. The van der Waals surface area contributed by atoms with E-state index in [0.29, 0.717) is 12.3 Å². The zero-order valence-corrected chi connectivity index (χ0v) is 16.0. The molecule has 1 saturated heterocycles. The molecule has 0 spiro atoms.